The van der Waals surface area contributed by atoms with Crippen molar-refractivity contribution in [3.63, 3.8) is 0 Å². The molecule has 0 saturated carbocycles. The Morgan fingerprint density at radius 1 is 1.33 bits per heavy atom. The second-order valence-corrected chi connectivity index (χ2v) is 7.80. The molecular weight excluding hydrogens is 445 g/mol. The lowest BCUT2D eigenvalue weighted by Gasteiger charge is -2.17. The van der Waals surface area contributed by atoms with E-state index in [1.54, 1.807) is 12.3 Å². The fourth-order valence-electron chi connectivity index (χ4n) is 3.03. The van der Waals surface area contributed by atoms with E-state index in [4.69, 9.17) is 9.47 Å². The SMILES string of the molecule is CC(=O)O[C@H]1c2c(C[SH](=O)=O)ccc(Oc3cncc(Br)c3)c2[C@H](O)[C@H]1F. The van der Waals surface area contributed by atoms with Gasteiger partial charge in [0, 0.05) is 28.7 Å². The zero-order valence-corrected chi connectivity index (χ0v) is 16.4. The number of ether oxygens (including phenoxy) is 2. The molecule has 0 aliphatic heterocycles. The number of aromatic nitrogens is 1. The smallest absolute Gasteiger partial charge is 0.303 e. The largest absolute Gasteiger partial charge is 0.455 e. The number of esters is 1. The van der Waals surface area contributed by atoms with Gasteiger partial charge in [-0.2, -0.15) is 0 Å². The lowest BCUT2D eigenvalue weighted by molar-refractivity contribution is -0.151. The van der Waals surface area contributed by atoms with Crippen LogP contribution >= 0.6 is 15.9 Å². The summed E-state index contributed by atoms with van der Waals surface area (Å²) in [6.45, 7) is 1.11. The molecule has 27 heavy (non-hydrogen) atoms. The van der Waals surface area contributed by atoms with E-state index in [2.05, 4.69) is 20.9 Å². The van der Waals surface area contributed by atoms with Gasteiger partial charge in [0.2, 0.25) is 0 Å². The van der Waals surface area contributed by atoms with E-state index < -0.39 is 35.1 Å². The van der Waals surface area contributed by atoms with Crippen LogP contribution in [0.4, 0.5) is 4.39 Å². The number of alkyl halides is 1. The van der Waals surface area contributed by atoms with Crippen molar-refractivity contribution in [3.8, 4) is 11.5 Å². The number of aliphatic hydroxyl groups is 1. The van der Waals surface area contributed by atoms with Gasteiger partial charge in [0.05, 0.1) is 11.9 Å². The number of fused-ring (bicyclic) bond motifs is 1. The molecule has 144 valence electrons. The molecule has 3 rings (SSSR count). The number of carbonyl (C=O) groups is 1. The minimum Gasteiger partial charge on any atom is -0.455 e. The minimum absolute atomic E-state index is 0.0584. The lowest BCUT2D eigenvalue weighted by Crippen LogP contribution is -2.18. The van der Waals surface area contributed by atoms with E-state index in [1.165, 1.54) is 18.3 Å². The first-order chi connectivity index (χ1) is 12.8. The molecule has 7 nitrogen and oxygen atoms in total. The number of rotatable bonds is 5. The Hall–Kier alpha value is -2.04. The average molecular weight is 460 g/mol. The summed E-state index contributed by atoms with van der Waals surface area (Å²) in [6.07, 6.45) is -2.02. The number of hydrogen-bond acceptors (Lipinski definition) is 7. The maximum absolute atomic E-state index is 14.7. The van der Waals surface area contributed by atoms with Crippen LogP contribution in [0.25, 0.3) is 0 Å². The molecule has 0 bridgehead atoms. The molecule has 1 aliphatic carbocycles. The van der Waals surface area contributed by atoms with Gasteiger partial charge in [0.15, 0.2) is 12.3 Å². The van der Waals surface area contributed by atoms with Crippen LogP contribution in [0.1, 0.15) is 35.8 Å². The van der Waals surface area contributed by atoms with Crippen molar-refractivity contribution >= 4 is 32.6 Å². The Kier molecular flexibility index (Phi) is 5.78. The van der Waals surface area contributed by atoms with Gasteiger partial charge in [-0.15, -0.1) is 0 Å². The van der Waals surface area contributed by atoms with Crippen molar-refractivity contribution in [2.24, 2.45) is 0 Å². The van der Waals surface area contributed by atoms with Crippen molar-refractivity contribution in [2.45, 2.75) is 31.1 Å². The van der Waals surface area contributed by atoms with Crippen LogP contribution in [0.2, 0.25) is 0 Å². The van der Waals surface area contributed by atoms with E-state index in [1.807, 2.05) is 0 Å². The topological polar surface area (TPSA) is 103 Å². The Labute approximate surface area is 164 Å². The number of carbonyl (C=O) groups excluding carboxylic acids is 1. The van der Waals surface area contributed by atoms with Crippen LogP contribution in [0.3, 0.4) is 0 Å². The Bertz CT molecular complexity index is 958. The summed E-state index contributed by atoms with van der Waals surface area (Å²) in [7, 11) is -2.81. The Balaban J connectivity index is 2.12. The third kappa shape index (κ3) is 4.12. The molecule has 0 radical (unpaired) electrons. The zero-order valence-electron chi connectivity index (χ0n) is 14.0. The highest BCUT2D eigenvalue weighted by Crippen LogP contribution is 2.49. The maximum atomic E-state index is 14.7. The van der Waals surface area contributed by atoms with Gasteiger partial charge in [-0.1, -0.05) is 6.07 Å². The number of aliphatic hydroxyl groups excluding tert-OH is 1. The molecule has 10 heteroatoms. The molecule has 0 amide bonds. The van der Waals surface area contributed by atoms with Crippen molar-refractivity contribution in [1.29, 1.82) is 0 Å². The molecule has 1 aromatic carbocycles. The third-order valence-corrected chi connectivity index (χ3v) is 5.04. The molecule has 0 fully saturated rings. The standard InChI is InChI=1S/C17H15BrFNO6S/c1-8(21)25-17-13-9(7-27(23)24)2-3-12(14(13)16(22)15(17)19)26-11-4-10(18)5-20-6-11/h2-6,15-17,22,27H,7H2,1H3/t15-,16+,17+/m1/s1. The average Bonchev–Trinajstić information content (AvgIpc) is 2.82. The summed E-state index contributed by atoms with van der Waals surface area (Å²) in [5.74, 6) is -0.678. The molecule has 2 aromatic rings. The van der Waals surface area contributed by atoms with Gasteiger partial charge < -0.3 is 14.6 Å². The quantitative estimate of drug-likeness (QED) is 0.523. The minimum atomic E-state index is -2.81. The van der Waals surface area contributed by atoms with Gasteiger partial charge in [-0.05, 0) is 33.6 Å². The van der Waals surface area contributed by atoms with Crippen molar-refractivity contribution in [3.05, 3.63) is 51.8 Å². The summed E-state index contributed by atoms with van der Waals surface area (Å²) in [4.78, 5) is 15.3. The van der Waals surface area contributed by atoms with Crippen LogP contribution in [0.5, 0.6) is 11.5 Å². The molecule has 0 unspecified atom stereocenters. The first kappa shape index (κ1) is 19.7. The van der Waals surface area contributed by atoms with Gasteiger partial charge in [-0.25, -0.2) is 12.8 Å². The monoisotopic (exact) mass is 459 g/mol. The van der Waals surface area contributed by atoms with Crippen LogP contribution in [0, 0.1) is 0 Å². The fourth-order valence-corrected chi connectivity index (χ4v) is 3.93. The van der Waals surface area contributed by atoms with Gasteiger partial charge in [0.1, 0.15) is 28.3 Å². The van der Waals surface area contributed by atoms with E-state index >= 15 is 0 Å². The maximum Gasteiger partial charge on any atom is 0.303 e. The number of hydrogen-bond donors (Lipinski definition) is 2. The Morgan fingerprint density at radius 2 is 2.07 bits per heavy atom. The van der Waals surface area contributed by atoms with Crippen molar-refractivity contribution in [2.75, 3.05) is 0 Å². The molecule has 1 aliphatic rings. The molecular formula is C17H15BrFNO6S. The van der Waals surface area contributed by atoms with E-state index in [-0.39, 0.29) is 28.2 Å². The Morgan fingerprint density at radius 3 is 2.70 bits per heavy atom. The highest BCUT2D eigenvalue weighted by Gasteiger charge is 2.46. The summed E-state index contributed by atoms with van der Waals surface area (Å²) in [5.41, 5.74) is 0.416. The van der Waals surface area contributed by atoms with Crippen LogP contribution in [0.15, 0.2) is 35.1 Å². The molecule has 0 spiro atoms. The molecule has 0 saturated heterocycles. The molecule has 1 N–H and O–H groups in total. The normalized spacial score (nSPS) is 21.1. The molecule has 1 aromatic heterocycles. The second-order valence-electron chi connectivity index (χ2n) is 5.90. The number of halogens is 2. The van der Waals surface area contributed by atoms with Gasteiger partial charge >= 0.3 is 5.97 Å². The fraction of sp³-hybridized carbons (Fsp3) is 0.294. The predicted molar refractivity (Wildman–Crippen MR) is 96.8 cm³/mol. The summed E-state index contributed by atoms with van der Waals surface area (Å²) >= 11 is 3.26. The number of benzene rings is 1. The number of pyridine rings is 1. The third-order valence-electron chi connectivity index (χ3n) is 4.01. The van der Waals surface area contributed by atoms with Crippen LogP contribution < -0.4 is 4.74 Å². The summed E-state index contributed by atoms with van der Waals surface area (Å²) in [5, 5.41) is 10.4. The number of thiol groups is 1. The zero-order chi connectivity index (χ0) is 19.7. The molecule has 1 heterocycles. The summed E-state index contributed by atoms with van der Waals surface area (Å²) < 4.78 is 48.5. The number of nitrogens with zero attached hydrogens (tertiary/aromatic N) is 1. The van der Waals surface area contributed by atoms with Gasteiger partial charge in [0.25, 0.3) is 0 Å². The lowest BCUT2D eigenvalue weighted by atomic mass is 10.0. The first-order valence-corrected chi connectivity index (χ1v) is 9.98. The van der Waals surface area contributed by atoms with Crippen molar-refractivity contribution < 1.29 is 32.2 Å². The predicted octanol–water partition coefficient (Wildman–Crippen LogP) is 2.74. The summed E-state index contributed by atoms with van der Waals surface area (Å²) in [6, 6.07) is 4.52. The van der Waals surface area contributed by atoms with Crippen LogP contribution in [-0.4, -0.2) is 30.6 Å². The van der Waals surface area contributed by atoms with E-state index in [9.17, 15) is 22.7 Å². The molecule has 3 atom stereocenters. The first-order valence-electron chi connectivity index (χ1n) is 7.83. The second kappa shape index (κ2) is 7.91. The van der Waals surface area contributed by atoms with E-state index in [0.717, 1.165) is 6.92 Å². The van der Waals surface area contributed by atoms with Gasteiger partial charge in [-0.3, -0.25) is 9.78 Å². The van der Waals surface area contributed by atoms with Crippen LogP contribution in [-0.2, 0) is 26.0 Å². The van der Waals surface area contributed by atoms with E-state index in [0.29, 0.717) is 10.2 Å². The van der Waals surface area contributed by atoms with Crippen molar-refractivity contribution in [1.82, 2.24) is 4.98 Å². The highest BCUT2D eigenvalue weighted by molar-refractivity contribution is 9.10. The highest BCUT2D eigenvalue weighted by atomic mass is 79.9.